The molecule has 4 rings (SSSR count). The average Bonchev–Trinajstić information content (AvgIpc) is 2.78. The highest BCUT2D eigenvalue weighted by molar-refractivity contribution is 6.33. The number of hydrogen-bond donors (Lipinski definition) is 3. The second-order valence-corrected chi connectivity index (χ2v) is 8.75. The summed E-state index contributed by atoms with van der Waals surface area (Å²) in [5.41, 5.74) is 9.95. The van der Waals surface area contributed by atoms with E-state index in [1.165, 1.54) is 5.57 Å². The molecule has 7 heteroatoms. The first-order chi connectivity index (χ1) is 15.1. The normalized spacial score (nSPS) is 21.7. The Morgan fingerprint density at radius 2 is 2.23 bits per heavy atom. The predicted molar refractivity (Wildman–Crippen MR) is 129 cm³/mol. The third kappa shape index (κ3) is 5.85. The first kappa shape index (κ1) is 21.8. The van der Waals surface area contributed by atoms with Crippen LogP contribution >= 0.6 is 11.6 Å². The first-order valence-electron chi connectivity index (χ1n) is 11.0. The summed E-state index contributed by atoms with van der Waals surface area (Å²) in [6, 6.07) is 8.34. The van der Waals surface area contributed by atoms with Crippen molar-refractivity contribution < 1.29 is 0 Å². The number of rotatable bonds is 7. The second kappa shape index (κ2) is 10.3. The Morgan fingerprint density at radius 3 is 3.06 bits per heavy atom. The van der Waals surface area contributed by atoms with Crippen molar-refractivity contribution in [1.29, 1.82) is 0 Å². The molecule has 31 heavy (non-hydrogen) atoms. The maximum Gasteiger partial charge on any atom is 0.222 e. The van der Waals surface area contributed by atoms with Gasteiger partial charge in [-0.25, -0.2) is 9.97 Å². The molecule has 0 bridgehead atoms. The molecule has 4 N–H and O–H groups in total. The van der Waals surface area contributed by atoms with Gasteiger partial charge in [0.1, 0.15) is 0 Å². The third-order valence-electron chi connectivity index (χ3n) is 5.98. The number of nitrogen functional groups attached to an aromatic ring is 1. The van der Waals surface area contributed by atoms with Crippen LogP contribution in [0.15, 0.2) is 54.3 Å². The molecule has 0 saturated carbocycles. The molecule has 1 aromatic heterocycles. The highest BCUT2D eigenvalue weighted by Crippen LogP contribution is 2.27. The highest BCUT2D eigenvalue weighted by atomic mass is 35.5. The maximum atomic E-state index is 6.11. The molecule has 1 aromatic carbocycles. The molecular weight excluding hydrogens is 408 g/mol. The van der Waals surface area contributed by atoms with Crippen LogP contribution in [-0.4, -0.2) is 53.6 Å². The number of nitrogens with two attached hydrogens (primary N) is 1. The van der Waals surface area contributed by atoms with Crippen LogP contribution in [0.4, 0.5) is 11.6 Å². The van der Waals surface area contributed by atoms with E-state index in [0.29, 0.717) is 22.7 Å². The van der Waals surface area contributed by atoms with Crippen LogP contribution in [0.1, 0.15) is 30.5 Å². The summed E-state index contributed by atoms with van der Waals surface area (Å²) >= 11 is 6.11. The van der Waals surface area contributed by atoms with Crippen molar-refractivity contribution in [2.45, 2.75) is 31.7 Å². The number of hydrogen-bond acceptors (Lipinski definition) is 6. The molecule has 2 heterocycles. The van der Waals surface area contributed by atoms with Gasteiger partial charge in [0.25, 0.3) is 0 Å². The molecular formula is C24H31ClN6. The number of piperazine rings is 1. The van der Waals surface area contributed by atoms with Crippen LogP contribution in [-0.2, 0) is 6.42 Å². The fraction of sp³-hybridized carbons (Fsp3) is 0.417. The molecule has 2 aliphatic rings. The van der Waals surface area contributed by atoms with Gasteiger partial charge in [-0.3, -0.25) is 4.90 Å². The Bertz CT molecular complexity index is 957. The minimum atomic E-state index is 0.290. The molecule has 2 atom stereocenters. The van der Waals surface area contributed by atoms with Crippen molar-refractivity contribution in [1.82, 2.24) is 20.2 Å². The molecule has 1 unspecified atom stereocenters. The number of allylic oxidation sites excluding steroid dienone is 2. The van der Waals surface area contributed by atoms with Gasteiger partial charge in [0.15, 0.2) is 0 Å². The summed E-state index contributed by atoms with van der Waals surface area (Å²) in [4.78, 5) is 11.7. The van der Waals surface area contributed by atoms with E-state index >= 15 is 0 Å². The molecule has 6 nitrogen and oxygen atoms in total. The van der Waals surface area contributed by atoms with Crippen LogP contribution in [0.2, 0.25) is 5.02 Å². The molecule has 2 aromatic rings. The molecule has 0 spiro atoms. The lowest BCUT2D eigenvalue weighted by atomic mass is 9.92. The van der Waals surface area contributed by atoms with Gasteiger partial charge in [0, 0.05) is 50.9 Å². The lowest BCUT2D eigenvalue weighted by Gasteiger charge is -2.34. The van der Waals surface area contributed by atoms with Crippen molar-refractivity contribution >= 4 is 23.2 Å². The number of nitrogens with one attached hydrogen (secondary N) is 2. The lowest BCUT2D eigenvalue weighted by Crippen LogP contribution is -2.50. The zero-order valence-corrected chi connectivity index (χ0v) is 18.8. The quantitative estimate of drug-likeness (QED) is 0.573. The van der Waals surface area contributed by atoms with E-state index in [1.54, 1.807) is 0 Å². The summed E-state index contributed by atoms with van der Waals surface area (Å²) in [5, 5.41) is 7.39. The first-order valence-corrected chi connectivity index (χ1v) is 11.4. The summed E-state index contributed by atoms with van der Waals surface area (Å²) in [6.45, 7) is 7.24. The van der Waals surface area contributed by atoms with Crippen LogP contribution in [0.5, 0.6) is 0 Å². The van der Waals surface area contributed by atoms with Crippen molar-refractivity contribution in [2.24, 2.45) is 0 Å². The van der Waals surface area contributed by atoms with Gasteiger partial charge in [0.2, 0.25) is 5.95 Å². The maximum absolute atomic E-state index is 6.11. The van der Waals surface area contributed by atoms with Crippen LogP contribution in [0.25, 0.3) is 0 Å². The topological polar surface area (TPSA) is 79.1 Å². The van der Waals surface area contributed by atoms with Crippen LogP contribution in [0.3, 0.4) is 0 Å². The van der Waals surface area contributed by atoms with E-state index in [9.17, 15) is 0 Å². The number of aromatic nitrogens is 2. The smallest absolute Gasteiger partial charge is 0.222 e. The minimum Gasteiger partial charge on any atom is -0.398 e. The molecule has 1 saturated heterocycles. The van der Waals surface area contributed by atoms with Crippen LogP contribution in [0, 0.1) is 0 Å². The lowest BCUT2D eigenvalue weighted by molar-refractivity contribution is 0.189. The van der Waals surface area contributed by atoms with E-state index in [0.717, 1.165) is 56.8 Å². The molecule has 1 aliphatic carbocycles. The fourth-order valence-corrected chi connectivity index (χ4v) is 4.32. The second-order valence-electron chi connectivity index (χ2n) is 8.35. The largest absolute Gasteiger partial charge is 0.398 e. The van der Waals surface area contributed by atoms with E-state index in [-0.39, 0.29) is 5.92 Å². The Morgan fingerprint density at radius 1 is 1.32 bits per heavy atom. The number of halogens is 1. The molecule has 1 fully saturated rings. The number of benzene rings is 1. The van der Waals surface area contributed by atoms with Gasteiger partial charge >= 0.3 is 0 Å². The Balaban J connectivity index is 1.36. The average molecular weight is 439 g/mol. The third-order valence-corrected chi connectivity index (χ3v) is 6.31. The summed E-state index contributed by atoms with van der Waals surface area (Å²) in [5.74, 6) is 0.956. The Labute approximate surface area is 189 Å². The van der Waals surface area contributed by atoms with Gasteiger partial charge in [-0.1, -0.05) is 35.9 Å². The van der Waals surface area contributed by atoms with Crippen molar-refractivity contribution in [2.75, 3.05) is 43.8 Å². The summed E-state index contributed by atoms with van der Waals surface area (Å²) < 4.78 is 0. The zero-order chi connectivity index (χ0) is 21.6. The highest BCUT2D eigenvalue weighted by Gasteiger charge is 2.20. The van der Waals surface area contributed by atoms with Crippen LogP contribution < -0.4 is 16.4 Å². The minimum absolute atomic E-state index is 0.290. The van der Waals surface area contributed by atoms with E-state index in [2.05, 4.69) is 45.7 Å². The SMILES string of the molecule is C[C@H]1CNCCN1CC1=CC(c2ccnc(NCCc3ccc(N)c(Cl)c3)n2)CC=C1. The van der Waals surface area contributed by atoms with Crippen molar-refractivity contribution in [3.8, 4) is 0 Å². The monoisotopic (exact) mass is 438 g/mol. The predicted octanol–water partition coefficient (Wildman–Crippen LogP) is 3.63. The van der Waals surface area contributed by atoms with E-state index in [1.807, 2.05) is 30.5 Å². The van der Waals surface area contributed by atoms with E-state index < -0.39 is 0 Å². The summed E-state index contributed by atoms with van der Waals surface area (Å²) in [7, 11) is 0. The standard InChI is InChI=1S/C24H31ClN6/c1-17-15-27-11-12-31(17)16-19-3-2-4-20(13-19)23-8-10-29-24(30-23)28-9-7-18-5-6-22(26)21(25)14-18/h2-3,5-6,8,10,13-14,17,20,27H,4,7,9,11-12,15-16,26H2,1H3,(H,28,29,30)/t17-,20?/m0/s1. The van der Waals surface area contributed by atoms with Gasteiger partial charge in [0.05, 0.1) is 16.4 Å². The summed E-state index contributed by atoms with van der Waals surface area (Å²) in [6.07, 6.45) is 10.6. The van der Waals surface area contributed by atoms with Gasteiger partial charge < -0.3 is 16.4 Å². The molecule has 0 amide bonds. The Kier molecular flexibility index (Phi) is 7.22. The van der Waals surface area contributed by atoms with Gasteiger partial charge in [-0.05, 0) is 49.1 Å². The van der Waals surface area contributed by atoms with Crippen molar-refractivity contribution in [3.63, 3.8) is 0 Å². The molecule has 0 radical (unpaired) electrons. The number of nitrogens with zero attached hydrogens (tertiary/aromatic N) is 3. The zero-order valence-electron chi connectivity index (χ0n) is 18.0. The molecule has 164 valence electrons. The van der Waals surface area contributed by atoms with Gasteiger partial charge in [-0.15, -0.1) is 0 Å². The Hall–Kier alpha value is -2.41. The van der Waals surface area contributed by atoms with E-state index in [4.69, 9.17) is 22.3 Å². The van der Waals surface area contributed by atoms with Crippen molar-refractivity contribution in [3.05, 3.63) is 70.5 Å². The molecule has 1 aliphatic heterocycles. The van der Waals surface area contributed by atoms with Gasteiger partial charge in [-0.2, -0.15) is 0 Å². The number of anilines is 2. The fourth-order valence-electron chi connectivity index (χ4n) is 4.12.